The summed E-state index contributed by atoms with van der Waals surface area (Å²) in [6, 6.07) is 10.6. The summed E-state index contributed by atoms with van der Waals surface area (Å²) >= 11 is 0. The lowest BCUT2D eigenvalue weighted by Gasteiger charge is -2.11. The van der Waals surface area contributed by atoms with Crippen LogP contribution in [0.4, 0.5) is 0 Å². The number of ether oxygens (including phenoxy) is 1. The number of hydrogen-bond acceptors (Lipinski definition) is 2. The van der Waals surface area contributed by atoms with Gasteiger partial charge >= 0.3 is 0 Å². The first-order valence-corrected chi connectivity index (χ1v) is 9.69. The molecule has 1 aromatic carbocycles. The summed E-state index contributed by atoms with van der Waals surface area (Å²) in [6.45, 7) is 2.45. The maximum absolute atomic E-state index is 12.8. The predicted octanol–water partition coefficient (Wildman–Crippen LogP) is 3.45. The van der Waals surface area contributed by atoms with Crippen LogP contribution in [0.5, 0.6) is 0 Å². The molecule has 2 aromatic heterocycles. The van der Waals surface area contributed by atoms with Crippen molar-refractivity contribution in [2.45, 2.75) is 38.3 Å². The minimum Gasteiger partial charge on any atom is -0.376 e. The Morgan fingerprint density at radius 3 is 2.85 bits per heavy atom. The molecule has 5 heteroatoms. The SMILES string of the molecule is Cn1c(C(=O)NCC2CCCO2)cc2c1c1ccccc1n2CC1CC1. The van der Waals surface area contributed by atoms with Crippen LogP contribution in [-0.4, -0.2) is 34.3 Å². The number of para-hydroxylation sites is 1. The maximum atomic E-state index is 12.8. The highest BCUT2D eigenvalue weighted by Gasteiger charge is 2.26. The number of amides is 1. The first-order chi connectivity index (χ1) is 12.7. The summed E-state index contributed by atoms with van der Waals surface area (Å²) in [7, 11) is 2.00. The number of aromatic nitrogens is 2. The number of hydrogen-bond donors (Lipinski definition) is 1. The molecule has 136 valence electrons. The van der Waals surface area contributed by atoms with E-state index in [0.717, 1.165) is 43.1 Å². The van der Waals surface area contributed by atoms with Crippen molar-refractivity contribution in [2.75, 3.05) is 13.2 Å². The van der Waals surface area contributed by atoms with Crippen LogP contribution in [-0.2, 0) is 18.3 Å². The average molecular weight is 351 g/mol. The highest BCUT2D eigenvalue weighted by molar-refractivity contribution is 6.10. The van der Waals surface area contributed by atoms with Crippen LogP contribution in [0, 0.1) is 5.92 Å². The Bertz CT molecular complexity index is 974. The lowest BCUT2D eigenvalue weighted by molar-refractivity contribution is 0.0851. The summed E-state index contributed by atoms with van der Waals surface area (Å²) in [6.07, 6.45) is 4.92. The van der Waals surface area contributed by atoms with E-state index in [1.165, 1.54) is 29.3 Å². The summed E-state index contributed by atoms with van der Waals surface area (Å²) in [5.41, 5.74) is 4.32. The smallest absolute Gasteiger partial charge is 0.268 e. The van der Waals surface area contributed by atoms with Crippen LogP contribution in [0.15, 0.2) is 30.3 Å². The van der Waals surface area contributed by atoms with Gasteiger partial charge in [0.15, 0.2) is 0 Å². The molecule has 5 nitrogen and oxygen atoms in total. The monoisotopic (exact) mass is 351 g/mol. The summed E-state index contributed by atoms with van der Waals surface area (Å²) < 4.78 is 10.1. The van der Waals surface area contributed by atoms with Gasteiger partial charge in [-0.3, -0.25) is 4.79 Å². The van der Waals surface area contributed by atoms with Crippen LogP contribution in [0.25, 0.3) is 21.9 Å². The fraction of sp³-hybridized carbons (Fsp3) is 0.476. The van der Waals surface area contributed by atoms with Gasteiger partial charge in [-0.25, -0.2) is 0 Å². The van der Waals surface area contributed by atoms with Crippen molar-refractivity contribution in [3.8, 4) is 0 Å². The molecule has 1 N–H and O–H groups in total. The minimum absolute atomic E-state index is 0.0127. The molecule has 2 fully saturated rings. The molecule has 3 aromatic rings. The molecule has 0 bridgehead atoms. The first kappa shape index (κ1) is 15.9. The number of aryl methyl sites for hydroxylation is 1. The number of rotatable bonds is 5. The van der Waals surface area contributed by atoms with E-state index in [-0.39, 0.29) is 12.0 Å². The topological polar surface area (TPSA) is 48.2 Å². The van der Waals surface area contributed by atoms with Gasteiger partial charge in [-0.15, -0.1) is 0 Å². The third kappa shape index (κ3) is 2.62. The molecule has 3 heterocycles. The first-order valence-electron chi connectivity index (χ1n) is 9.69. The molecule has 1 aliphatic heterocycles. The van der Waals surface area contributed by atoms with Gasteiger partial charge in [0.2, 0.25) is 0 Å². The van der Waals surface area contributed by atoms with Crippen molar-refractivity contribution in [3.05, 3.63) is 36.0 Å². The van der Waals surface area contributed by atoms with Crippen LogP contribution in [0.1, 0.15) is 36.2 Å². The molecule has 0 radical (unpaired) electrons. The Balaban J connectivity index is 1.52. The molecular weight excluding hydrogens is 326 g/mol. The Labute approximate surface area is 152 Å². The molecule has 2 aliphatic rings. The molecule has 1 saturated heterocycles. The summed E-state index contributed by atoms with van der Waals surface area (Å²) in [5.74, 6) is 0.771. The van der Waals surface area contributed by atoms with Gasteiger partial charge in [0.1, 0.15) is 5.69 Å². The van der Waals surface area contributed by atoms with Crippen LogP contribution in [0.2, 0.25) is 0 Å². The fourth-order valence-corrected chi connectivity index (χ4v) is 4.23. The van der Waals surface area contributed by atoms with E-state index in [9.17, 15) is 4.79 Å². The van der Waals surface area contributed by atoms with Gasteiger partial charge in [0.05, 0.1) is 22.7 Å². The number of carbonyl (C=O) groups is 1. The van der Waals surface area contributed by atoms with Crippen molar-refractivity contribution in [2.24, 2.45) is 13.0 Å². The third-order valence-electron chi connectivity index (χ3n) is 5.84. The second-order valence-electron chi connectivity index (χ2n) is 7.74. The van der Waals surface area contributed by atoms with Crippen molar-refractivity contribution in [1.29, 1.82) is 0 Å². The quantitative estimate of drug-likeness (QED) is 0.765. The predicted molar refractivity (Wildman–Crippen MR) is 102 cm³/mol. The molecule has 1 aliphatic carbocycles. The van der Waals surface area contributed by atoms with Gasteiger partial charge in [0, 0.05) is 32.1 Å². The van der Waals surface area contributed by atoms with E-state index in [1.807, 2.05) is 11.6 Å². The molecule has 1 saturated carbocycles. The average Bonchev–Trinajstić information content (AvgIpc) is 3.07. The Morgan fingerprint density at radius 2 is 2.08 bits per heavy atom. The molecular formula is C21H25N3O2. The lowest BCUT2D eigenvalue weighted by atomic mass is 10.2. The highest BCUT2D eigenvalue weighted by Crippen LogP contribution is 2.36. The minimum atomic E-state index is -0.0127. The standard InChI is InChI=1S/C21H25N3O2/c1-23-19(21(25)22-12-15-5-4-10-26-15)11-18-20(23)16-6-2-3-7-17(16)24(18)13-14-8-9-14/h2-3,6-7,11,14-15H,4-5,8-10,12-13H2,1H3,(H,22,25). The highest BCUT2D eigenvalue weighted by atomic mass is 16.5. The second-order valence-corrected chi connectivity index (χ2v) is 7.74. The number of fused-ring (bicyclic) bond motifs is 3. The molecule has 1 unspecified atom stereocenters. The van der Waals surface area contributed by atoms with Crippen LogP contribution in [0.3, 0.4) is 0 Å². The largest absolute Gasteiger partial charge is 0.376 e. The third-order valence-corrected chi connectivity index (χ3v) is 5.84. The van der Waals surface area contributed by atoms with Gasteiger partial charge in [-0.05, 0) is 43.7 Å². The van der Waals surface area contributed by atoms with E-state index in [4.69, 9.17) is 4.74 Å². The summed E-state index contributed by atoms with van der Waals surface area (Å²) in [5, 5.41) is 4.28. The van der Waals surface area contributed by atoms with Gasteiger partial charge in [-0.1, -0.05) is 18.2 Å². The molecule has 1 atom stereocenters. The van der Waals surface area contributed by atoms with Crippen LogP contribution < -0.4 is 5.32 Å². The van der Waals surface area contributed by atoms with E-state index in [0.29, 0.717) is 6.54 Å². The summed E-state index contributed by atoms with van der Waals surface area (Å²) in [4.78, 5) is 12.8. The van der Waals surface area contributed by atoms with E-state index >= 15 is 0 Å². The van der Waals surface area contributed by atoms with Gasteiger partial charge in [-0.2, -0.15) is 0 Å². The fourth-order valence-electron chi connectivity index (χ4n) is 4.23. The number of carbonyl (C=O) groups excluding carboxylic acids is 1. The van der Waals surface area contributed by atoms with Crippen molar-refractivity contribution >= 4 is 27.8 Å². The maximum Gasteiger partial charge on any atom is 0.268 e. The molecule has 1 amide bonds. The van der Waals surface area contributed by atoms with Gasteiger partial charge < -0.3 is 19.2 Å². The zero-order valence-electron chi connectivity index (χ0n) is 15.2. The number of nitrogens with one attached hydrogen (secondary N) is 1. The second kappa shape index (κ2) is 6.16. The van der Waals surface area contributed by atoms with E-state index < -0.39 is 0 Å². The zero-order valence-corrected chi connectivity index (χ0v) is 15.2. The van der Waals surface area contributed by atoms with Crippen molar-refractivity contribution < 1.29 is 9.53 Å². The number of nitrogens with zero attached hydrogens (tertiary/aromatic N) is 2. The number of benzene rings is 1. The lowest BCUT2D eigenvalue weighted by Crippen LogP contribution is -2.32. The van der Waals surface area contributed by atoms with E-state index in [2.05, 4.69) is 40.2 Å². The Kier molecular flexibility index (Phi) is 3.78. The molecule has 26 heavy (non-hydrogen) atoms. The normalized spacial score (nSPS) is 20.3. The van der Waals surface area contributed by atoms with E-state index in [1.54, 1.807) is 0 Å². The van der Waals surface area contributed by atoms with Crippen molar-refractivity contribution in [3.63, 3.8) is 0 Å². The Hall–Kier alpha value is -2.27. The van der Waals surface area contributed by atoms with Crippen molar-refractivity contribution in [1.82, 2.24) is 14.5 Å². The Morgan fingerprint density at radius 1 is 1.23 bits per heavy atom. The zero-order chi connectivity index (χ0) is 17.7. The van der Waals surface area contributed by atoms with Gasteiger partial charge in [0.25, 0.3) is 5.91 Å². The molecule has 5 rings (SSSR count). The molecule has 0 spiro atoms. The van der Waals surface area contributed by atoms with Crippen LogP contribution >= 0.6 is 0 Å².